The van der Waals surface area contributed by atoms with Gasteiger partial charge in [0, 0.05) is 6.42 Å². The van der Waals surface area contributed by atoms with Crippen LogP contribution in [0, 0.1) is 0 Å². The predicted molar refractivity (Wildman–Crippen MR) is 70.2 cm³/mol. The lowest BCUT2D eigenvalue weighted by atomic mass is 10.1. The van der Waals surface area contributed by atoms with Crippen LogP contribution in [0.1, 0.15) is 39.0 Å². The van der Waals surface area contributed by atoms with Crippen LogP contribution in [0.2, 0.25) is 0 Å². The molecule has 0 amide bonds. The number of aromatic nitrogens is 2. The SMILES string of the molecule is CCCCCCC(=O)COCCn1cc[n+](C)c1. The van der Waals surface area contributed by atoms with E-state index in [0.29, 0.717) is 13.0 Å². The smallest absolute Gasteiger partial charge is 0.243 e. The number of aryl methyl sites for hydroxylation is 1. The molecule has 0 radical (unpaired) electrons. The Kier molecular flexibility index (Phi) is 7.34. The van der Waals surface area contributed by atoms with Gasteiger partial charge in [0.05, 0.1) is 13.7 Å². The normalized spacial score (nSPS) is 10.8. The maximum atomic E-state index is 11.5. The highest BCUT2D eigenvalue weighted by Gasteiger charge is 2.03. The number of hydrogen-bond acceptors (Lipinski definition) is 2. The Balaban J connectivity index is 1.98. The third kappa shape index (κ3) is 6.55. The average molecular weight is 253 g/mol. The topological polar surface area (TPSA) is 35.1 Å². The number of unbranched alkanes of at least 4 members (excludes halogenated alkanes) is 3. The number of rotatable bonds is 10. The summed E-state index contributed by atoms with van der Waals surface area (Å²) in [5.74, 6) is 0.226. The van der Waals surface area contributed by atoms with E-state index in [4.69, 9.17) is 4.74 Å². The molecule has 1 aromatic heterocycles. The quantitative estimate of drug-likeness (QED) is 0.471. The summed E-state index contributed by atoms with van der Waals surface area (Å²) < 4.78 is 9.42. The number of nitrogens with zero attached hydrogens (tertiary/aromatic N) is 2. The van der Waals surface area contributed by atoms with Gasteiger partial charge >= 0.3 is 0 Å². The minimum atomic E-state index is 0.226. The van der Waals surface area contributed by atoms with E-state index in [1.165, 1.54) is 12.8 Å². The highest BCUT2D eigenvalue weighted by atomic mass is 16.5. The largest absolute Gasteiger partial charge is 0.370 e. The van der Waals surface area contributed by atoms with E-state index >= 15 is 0 Å². The summed E-state index contributed by atoms with van der Waals surface area (Å²) in [7, 11) is 1.98. The van der Waals surface area contributed by atoms with Crippen molar-refractivity contribution in [3.63, 3.8) is 0 Å². The van der Waals surface area contributed by atoms with E-state index in [2.05, 4.69) is 6.92 Å². The van der Waals surface area contributed by atoms with Crippen LogP contribution < -0.4 is 4.57 Å². The van der Waals surface area contributed by atoms with Crippen molar-refractivity contribution in [2.75, 3.05) is 13.2 Å². The van der Waals surface area contributed by atoms with Gasteiger partial charge in [0.1, 0.15) is 25.5 Å². The van der Waals surface area contributed by atoms with E-state index in [1.54, 1.807) is 0 Å². The molecule has 0 spiro atoms. The number of carbonyl (C=O) groups is 1. The summed E-state index contributed by atoms with van der Waals surface area (Å²) >= 11 is 0. The Hall–Kier alpha value is -1.16. The third-order valence-corrected chi connectivity index (χ3v) is 2.89. The van der Waals surface area contributed by atoms with Crippen molar-refractivity contribution in [1.29, 1.82) is 0 Å². The summed E-state index contributed by atoms with van der Waals surface area (Å²) in [6.07, 6.45) is 11.2. The van der Waals surface area contributed by atoms with Gasteiger partial charge in [-0.05, 0) is 6.42 Å². The molecule has 0 fully saturated rings. The number of imidazole rings is 1. The van der Waals surface area contributed by atoms with Gasteiger partial charge in [-0.15, -0.1) is 0 Å². The molecule has 0 N–H and O–H groups in total. The van der Waals surface area contributed by atoms with Crippen LogP contribution >= 0.6 is 0 Å². The molecule has 102 valence electrons. The van der Waals surface area contributed by atoms with Gasteiger partial charge in [0.25, 0.3) is 0 Å². The lowest BCUT2D eigenvalue weighted by Gasteiger charge is -2.02. The fourth-order valence-electron chi connectivity index (χ4n) is 1.81. The second-order valence-electron chi connectivity index (χ2n) is 4.72. The van der Waals surface area contributed by atoms with E-state index in [9.17, 15) is 4.79 Å². The summed E-state index contributed by atoms with van der Waals surface area (Å²) in [5.41, 5.74) is 0. The molecule has 4 heteroatoms. The van der Waals surface area contributed by atoms with Crippen LogP contribution in [-0.2, 0) is 23.1 Å². The van der Waals surface area contributed by atoms with E-state index in [1.807, 2.05) is 34.9 Å². The molecule has 0 aliphatic rings. The molecular weight excluding hydrogens is 228 g/mol. The molecular formula is C14H25N2O2+. The summed E-state index contributed by atoms with van der Waals surface area (Å²) in [5, 5.41) is 0. The van der Waals surface area contributed by atoms with Crippen LogP contribution in [-0.4, -0.2) is 23.6 Å². The van der Waals surface area contributed by atoms with Gasteiger partial charge in [0.15, 0.2) is 5.78 Å². The van der Waals surface area contributed by atoms with Crippen molar-refractivity contribution in [2.45, 2.75) is 45.6 Å². The van der Waals surface area contributed by atoms with Gasteiger partial charge in [-0.25, -0.2) is 9.13 Å². The van der Waals surface area contributed by atoms with Gasteiger partial charge in [-0.1, -0.05) is 26.2 Å². The zero-order chi connectivity index (χ0) is 13.2. The first-order chi connectivity index (χ1) is 8.72. The zero-order valence-corrected chi connectivity index (χ0v) is 11.6. The van der Waals surface area contributed by atoms with Crippen molar-refractivity contribution in [1.82, 2.24) is 4.57 Å². The molecule has 4 nitrogen and oxygen atoms in total. The number of Topliss-reactive ketones (excluding diaryl/α,β-unsaturated/α-hetero) is 1. The first-order valence-corrected chi connectivity index (χ1v) is 6.83. The fraction of sp³-hybridized carbons (Fsp3) is 0.714. The maximum Gasteiger partial charge on any atom is 0.243 e. The van der Waals surface area contributed by atoms with E-state index < -0.39 is 0 Å². The average Bonchev–Trinajstić information content (AvgIpc) is 2.76. The highest BCUT2D eigenvalue weighted by Crippen LogP contribution is 2.03. The molecule has 0 aromatic carbocycles. The second-order valence-corrected chi connectivity index (χ2v) is 4.72. The number of carbonyl (C=O) groups excluding carboxylic acids is 1. The van der Waals surface area contributed by atoms with Crippen molar-refractivity contribution in [3.8, 4) is 0 Å². The van der Waals surface area contributed by atoms with Crippen LogP contribution in [0.3, 0.4) is 0 Å². The molecule has 0 saturated heterocycles. The molecule has 0 aliphatic carbocycles. The number of ether oxygens (including phenoxy) is 1. The van der Waals surface area contributed by atoms with Crippen LogP contribution in [0.4, 0.5) is 0 Å². The molecule has 1 heterocycles. The number of ketones is 1. The lowest BCUT2D eigenvalue weighted by molar-refractivity contribution is -0.671. The molecule has 1 rings (SSSR count). The molecule has 0 saturated carbocycles. The fourth-order valence-corrected chi connectivity index (χ4v) is 1.81. The summed E-state index contributed by atoms with van der Waals surface area (Å²) in [4.78, 5) is 11.5. The van der Waals surface area contributed by atoms with Crippen molar-refractivity contribution >= 4 is 5.78 Å². The molecule has 1 aromatic rings. The van der Waals surface area contributed by atoms with Crippen molar-refractivity contribution < 1.29 is 14.1 Å². The van der Waals surface area contributed by atoms with E-state index in [0.717, 1.165) is 19.4 Å². The van der Waals surface area contributed by atoms with E-state index in [-0.39, 0.29) is 12.4 Å². The Labute approximate surface area is 110 Å². The Morgan fingerprint density at radius 2 is 2.17 bits per heavy atom. The molecule has 0 atom stereocenters. The Morgan fingerprint density at radius 1 is 1.33 bits per heavy atom. The first-order valence-electron chi connectivity index (χ1n) is 6.83. The van der Waals surface area contributed by atoms with Gasteiger partial charge < -0.3 is 4.74 Å². The zero-order valence-electron chi connectivity index (χ0n) is 11.6. The Morgan fingerprint density at radius 3 is 2.83 bits per heavy atom. The standard InChI is InChI=1S/C14H25N2O2/c1-3-4-5-6-7-14(17)12-18-11-10-16-9-8-15(2)13-16/h8-9,13H,3-7,10-12H2,1-2H3/q+1. The second kappa shape index (κ2) is 8.86. The van der Waals surface area contributed by atoms with Gasteiger partial charge in [-0.3, -0.25) is 4.79 Å². The first kappa shape index (κ1) is 14.9. The lowest BCUT2D eigenvalue weighted by Crippen LogP contribution is -2.24. The van der Waals surface area contributed by atoms with Crippen molar-refractivity contribution in [3.05, 3.63) is 18.7 Å². The maximum absolute atomic E-state index is 11.5. The predicted octanol–water partition coefficient (Wildman–Crippen LogP) is 1.87. The summed E-state index contributed by atoms with van der Waals surface area (Å²) in [6.45, 7) is 3.82. The minimum Gasteiger partial charge on any atom is -0.370 e. The molecule has 0 unspecified atom stereocenters. The minimum absolute atomic E-state index is 0.226. The molecule has 18 heavy (non-hydrogen) atoms. The monoisotopic (exact) mass is 253 g/mol. The molecule has 0 aliphatic heterocycles. The summed E-state index contributed by atoms with van der Waals surface area (Å²) in [6, 6.07) is 0. The molecule has 0 bridgehead atoms. The van der Waals surface area contributed by atoms with Crippen LogP contribution in [0.25, 0.3) is 0 Å². The highest BCUT2D eigenvalue weighted by molar-refractivity contribution is 5.79. The van der Waals surface area contributed by atoms with Gasteiger partial charge in [0.2, 0.25) is 6.33 Å². The Bertz CT molecular complexity index is 347. The van der Waals surface area contributed by atoms with Crippen molar-refractivity contribution in [2.24, 2.45) is 7.05 Å². The van der Waals surface area contributed by atoms with Crippen LogP contribution in [0.15, 0.2) is 18.7 Å². The third-order valence-electron chi connectivity index (χ3n) is 2.89. The van der Waals surface area contributed by atoms with Crippen LogP contribution in [0.5, 0.6) is 0 Å². The van der Waals surface area contributed by atoms with Gasteiger partial charge in [-0.2, -0.15) is 0 Å². The number of hydrogen-bond donors (Lipinski definition) is 0.